The molecule has 0 amide bonds. The molecule has 1 aliphatic carbocycles. The van der Waals surface area contributed by atoms with E-state index in [1.165, 1.54) is 36.9 Å². The summed E-state index contributed by atoms with van der Waals surface area (Å²) in [5.74, 6) is 0.601. The monoisotopic (exact) mass is 272 g/mol. The molecule has 1 unspecified atom stereocenters. The summed E-state index contributed by atoms with van der Waals surface area (Å²) in [4.78, 5) is 8.67. The highest BCUT2D eigenvalue weighted by Gasteiger charge is 2.31. The molecule has 4 heteroatoms. The van der Waals surface area contributed by atoms with Crippen molar-refractivity contribution in [2.75, 3.05) is 5.73 Å². The SMILES string of the molecule is Cc1c(C)n(C2CCCC(C)(C)C2)c2ncnc(N)c12. The quantitative estimate of drug-likeness (QED) is 0.859. The molecule has 0 aliphatic heterocycles. The van der Waals surface area contributed by atoms with Crippen molar-refractivity contribution in [2.24, 2.45) is 5.41 Å². The average molecular weight is 272 g/mol. The number of rotatable bonds is 1. The van der Waals surface area contributed by atoms with Crippen LogP contribution in [0.3, 0.4) is 0 Å². The Bertz CT molecular complexity index is 654. The maximum atomic E-state index is 6.06. The number of anilines is 1. The summed E-state index contributed by atoms with van der Waals surface area (Å²) >= 11 is 0. The predicted molar refractivity (Wildman–Crippen MR) is 82.7 cm³/mol. The molecule has 1 fully saturated rings. The second-order valence-electron chi connectivity index (χ2n) is 6.95. The number of hydrogen-bond donors (Lipinski definition) is 1. The fourth-order valence-electron chi connectivity index (χ4n) is 3.78. The van der Waals surface area contributed by atoms with Gasteiger partial charge in [-0.3, -0.25) is 0 Å². The van der Waals surface area contributed by atoms with Crippen LogP contribution in [0.15, 0.2) is 6.33 Å². The Morgan fingerprint density at radius 1 is 1.30 bits per heavy atom. The smallest absolute Gasteiger partial charge is 0.146 e. The summed E-state index contributed by atoms with van der Waals surface area (Å²) in [7, 11) is 0. The van der Waals surface area contributed by atoms with Gasteiger partial charge in [0.25, 0.3) is 0 Å². The highest BCUT2D eigenvalue weighted by atomic mass is 15.1. The van der Waals surface area contributed by atoms with E-state index in [0.29, 0.717) is 17.3 Å². The lowest BCUT2D eigenvalue weighted by Crippen LogP contribution is -2.25. The van der Waals surface area contributed by atoms with Crippen LogP contribution >= 0.6 is 0 Å². The van der Waals surface area contributed by atoms with E-state index in [1.807, 2.05) is 0 Å². The highest BCUT2D eigenvalue weighted by Crippen LogP contribution is 2.43. The molecule has 0 spiro atoms. The van der Waals surface area contributed by atoms with Gasteiger partial charge in [-0.25, -0.2) is 9.97 Å². The second kappa shape index (κ2) is 4.47. The predicted octanol–water partition coefficient (Wildman–Crippen LogP) is 3.77. The molecule has 3 rings (SSSR count). The van der Waals surface area contributed by atoms with Crippen LogP contribution in [0.25, 0.3) is 11.0 Å². The van der Waals surface area contributed by atoms with Crippen molar-refractivity contribution in [3.8, 4) is 0 Å². The van der Waals surface area contributed by atoms with Crippen LogP contribution in [0.4, 0.5) is 5.82 Å². The third kappa shape index (κ3) is 1.98. The van der Waals surface area contributed by atoms with Crippen LogP contribution in [-0.4, -0.2) is 14.5 Å². The van der Waals surface area contributed by atoms with Crippen LogP contribution in [-0.2, 0) is 0 Å². The zero-order valence-electron chi connectivity index (χ0n) is 12.9. The lowest BCUT2D eigenvalue weighted by atomic mass is 9.75. The van der Waals surface area contributed by atoms with E-state index >= 15 is 0 Å². The Morgan fingerprint density at radius 2 is 2.05 bits per heavy atom. The molecule has 2 aromatic heterocycles. The molecule has 0 aromatic carbocycles. The van der Waals surface area contributed by atoms with E-state index < -0.39 is 0 Å². The Labute approximate surface area is 120 Å². The van der Waals surface area contributed by atoms with E-state index in [4.69, 9.17) is 5.73 Å². The van der Waals surface area contributed by atoms with Gasteiger partial charge in [-0.05, 0) is 44.1 Å². The normalized spacial score (nSPS) is 22.3. The topological polar surface area (TPSA) is 56.7 Å². The van der Waals surface area contributed by atoms with Gasteiger partial charge in [0.1, 0.15) is 17.8 Å². The number of aromatic nitrogens is 3. The molecular formula is C16H24N4. The van der Waals surface area contributed by atoms with Gasteiger partial charge in [0.15, 0.2) is 0 Å². The van der Waals surface area contributed by atoms with Crippen molar-refractivity contribution < 1.29 is 0 Å². The number of fused-ring (bicyclic) bond motifs is 1. The minimum atomic E-state index is 0.415. The lowest BCUT2D eigenvalue weighted by Gasteiger charge is -2.36. The molecule has 108 valence electrons. The first-order chi connectivity index (χ1) is 9.41. The summed E-state index contributed by atoms with van der Waals surface area (Å²) in [6.45, 7) is 9.05. The van der Waals surface area contributed by atoms with Crippen molar-refractivity contribution in [3.63, 3.8) is 0 Å². The first-order valence-corrected chi connectivity index (χ1v) is 7.48. The van der Waals surface area contributed by atoms with Crippen LogP contribution in [0.1, 0.15) is 56.8 Å². The molecule has 2 heterocycles. The third-order valence-electron chi connectivity index (χ3n) is 4.91. The molecule has 1 atom stereocenters. The van der Waals surface area contributed by atoms with E-state index in [9.17, 15) is 0 Å². The molecule has 0 radical (unpaired) electrons. The Hall–Kier alpha value is -1.58. The van der Waals surface area contributed by atoms with Crippen molar-refractivity contribution in [2.45, 2.75) is 59.4 Å². The molecule has 1 aliphatic rings. The third-order valence-corrected chi connectivity index (χ3v) is 4.91. The van der Waals surface area contributed by atoms with Crippen LogP contribution in [0, 0.1) is 19.3 Å². The lowest BCUT2D eigenvalue weighted by molar-refractivity contribution is 0.184. The fraction of sp³-hybridized carbons (Fsp3) is 0.625. The van der Waals surface area contributed by atoms with Crippen molar-refractivity contribution >= 4 is 16.9 Å². The maximum Gasteiger partial charge on any atom is 0.146 e. The molecule has 1 saturated carbocycles. The molecule has 2 N–H and O–H groups in total. The number of nitrogen functional groups attached to an aromatic ring is 1. The minimum absolute atomic E-state index is 0.415. The van der Waals surface area contributed by atoms with Gasteiger partial charge in [-0.1, -0.05) is 20.3 Å². The van der Waals surface area contributed by atoms with Gasteiger partial charge in [0, 0.05) is 11.7 Å². The number of nitrogens with zero attached hydrogens (tertiary/aromatic N) is 3. The summed E-state index contributed by atoms with van der Waals surface area (Å²) < 4.78 is 2.41. The summed E-state index contributed by atoms with van der Waals surface area (Å²) in [5.41, 5.74) is 9.99. The molecule has 20 heavy (non-hydrogen) atoms. The van der Waals surface area contributed by atoms with Crippen molar-refractivity contribution in [3.05, 3.63) is 17.6 Å². The van der Waals surface area contributed by atoms with Crippen molar-refractivity contribution in [1.82, 2.24) is 14.5 Å². The van der Waals surface area contributed by atoms with Crippen molar-refractivity contribution in [1.29, 1.82) is 0 Å². The molecule has 4 nitrogen and oxygen atoms in total. The molecule has 2 aromatic rings. The van der Waals surface area contributed by atoms with Crippen LogP contribution in [0.2, 0.25) is 0 Å². The zero-order valence-corrected chi connectivity index (χ0v) is 12.9. The Morgan fingerprint density at radius 3 is 2.75 bits per heavy atom. The molecular weight excluding hydrogens is 248 g/mol. The van der Waals surface area contributed by atoms with E-state index in [1.54, 1.807) is 6.33 Å². The number of hydrogen-bond acceptors (Lipinski definition) is 3. The van der Waals surface area contributed by atoms with E-state index in [2.05, 4.69) is 42.2 Å². The second-order valence-corrected chi connectivity index (χ2v) is 6.95. The fourth-order valence-corrected chi connectivity index (χ4v) is 3.78. The Kier molecular flexibility index (Phi) is 3.00. The standard InChI is InChI=1S/C16H24N4/c1-10-11(2)20(12-6-5-7-16(3,4)8-12)15-13(10)14(17)18-9-19-15/h9,12H,5-8H2,1-4H3,(H2,17,18,19). The number of nitrogens with two attached hydrogens (primary N) is 1. The van der Waals surface area contributed by atoms with Crippen LogP contribution in [0.5, 0.6) is 0 Å². The number of aryl methyl sites for hydroxylation is 1. The summed E-state index contributed by atoms with van der Waals surface area (Å²) in [5, 5.41) is 1.04. The van der Waals surface area contributed by atoms with Crippen LogP contribution < -0.4 is 5.73 Å². The average Bonchev–Trinajstić information content (AvgIpc) is 2.62. The van der Waals surface area contributed by atoms with Gasteiger partial charge >= 0.3 is 0 Å². The first-order valence-electron chi connectivity index (χ1n) is 7.48. The maximum absolute atomic E-state index is 6.06. The minimum Gasteiger partial charge on any atom is -0.383 e. The van der Waals surface area contributed by atoms with Gasteiger partial charge < -0.3 is 10.3 Å². The van der Waals surface area contributed by atoms with Gasteiger partial charge in [-0.2, -0.15) is 0 Å². The van der Waals surface area contributed by atoms with Gasteiger partial charge in [-0.15, -0.1) is 0 Å². The van der Waals surface area contributed by atoms with Gasteiger partial charge in [0.2, 0.25) is 0 Å². The zero-order chi connectivity index (χ0) is 14.5. The largest absolute Gasteiger partial charge is 0.383 e. The Balaban J connectivity index is 2.17. The van der Waals surface area contributed by atoms with Gasteiger partial charge in [0.05, 0.1) is 5.39 Å². The highest BCUT2D eigenvalue weighted by molar-refractivity contribution is 5.90. The first kappa shape index (κ1) is 13.4. The summed E-state index contributed by atoms with van der Waals surface area (Å²) in [6, 6.07) is 0.532. The summed E-state index contributed by atoms with van der Waals surface area (Å²) in [6.07, 6.45) is 6.63. The molecule has 0 saturated heterocycles. The molecule has 0 bridgehead atoms. The van der Waals surface area contributed by atoms with E-state index in [-0.39, 0.29) is 0 Å². The van der Waals surface area contributed by atoms with E-state index in [0.717, 1.165) is 11.0 Å².